The zero-order chi connectivity index (χ0) is 28.7. The van der Waals surface area contributed by atoms with Crippen molar-refractivity contribution in [3.8, 4) is 5.69 Å². The van der Waals surface area contributed by atoms with Gasteiger partial charge < -0.3 is 9.30 Å². The molecule has 0 saturated heterocycles. The zero-order valence-electron chi connectivity index (χ0n) is 22.2. The fraction of sp³-hybridized carbons (Fsp3) is 0.207. The topological polar surface area (TPSA) is 109 Å². The first-order valence-electron chi connectivity index (χ1n) is 12.5. The van der Waals surface area contributed by atoms with E-state index < -0.39 is 16.9 Å². The number of non-ortho nitro benzene ring substituents is 1. The smallest absolute Gasteiger partial charge is 0.338 e. The van der Waals surface area contributed by atoms with Crippen molar-refractivity contribution < 1.29 is 14.5 Å². The molecule has 40 heavy (non-hydrogen) atoms. The first kappa shape index (κ1) is 27.3. The molecule has 1 aliphatic rings. The lowest BCUT2D eigenvalue weighted by atomic mass is 9.96. The summed E-state index contributed by atoms with van der Waals surface area (Å²) in [5.41, 5.74) is 4.62. The van der Waals surface area contributed by atoms with Gasteiger partial charge in [-0.15, -0.1) is 0 Å². The van der Waals surface area contributed by atoms with Crippen LogP contribution in [0.15, 0.2) is 75.7 Å². The van der Waals surface area contributed by atoms with Crippen LogP contribution in [0.3, 0.4) is 0 Å². The molecule has 4 aromatic rings. The number of benzene rings is 2. The SMILES string of the molecule is CCOC(=O)C1=C(C)N=c2s/c(=C\c3cc(C)n(-c4ccc([N+](=O)[O-])cc4)c3C)c(=O)n2C1c1ccc(Cl)cc1. The number of aromatic nitrogens is 2. The summed E-state index contributed by atoms with van der Waals surface area (Å²) in [6.45, 7) is 7.52. The van der Waals surface area contributed by atoms with Crippen LogP contribution in [0.25, 0.3) is 11.8 Å². The average molecular weight is 577 g/mol. The normalized spacial score (nSPS) is 15.1. The predicted molar refractivity (Wildman–Crippen MR) is 154 cm³/mol. The van der Waals surface area contributed by atoms with Crippen LogP contribution >= 0.6 is 22.9 Å². The Bertz CT molecular complexity index is 1870. The molecule has 0 aliphatic carbocycles. The summed E-state index contributed by atoms with van der Waals surface area (Å²) >= 11 is 7.37. The van der Waals surface area contributed by atoms with Crippen molar-refractivity contribution in [1.29, 1.82) is 0 Å². The Balaban J connectivity index is 1.66. The predicted octanol–water partition coefficient (Wildman–Crippen LogP) is 4.77. The van der Waals surface area contributed by atoms with E-state index in [1.54, 1.807) is 50.2 Å². The Morgan fingerprint density at radius 2 is 1.82 bits per heavy atom. The Labute approximate surface area is 238 Å². The van der Waals surface area contributed by atoms with Gasteiger partial charge in [-0.05, 0) is 75.2 Å². The van der Waals surface area contributed by atoms with Gasteiger partial charge in [0, 0.05) is 34.2 Å². The quantitative estimate of drug-likeness (QED) is 0.187. The van der Waals surface area contributed by atoms with E-state index in [9.17, 15) is 19.7 Å². The third-order valence-corrected chi connectivity index (χ3v) is 8.01. The van der Waals surface area contributed by atoms with E-state index in [0.29, 0.717) is 31.2 Å². The van der Waals surface area contributed by atoms with Gasteiger partial charge in [0.15, 0.2) is 4.80 Å². The number of allylic oxidation sites excluding steroid dienone is 1. The van der Waals surface area contributed by atoms with Crippen molar-refractivity contribution in [2.24, 2.45) is 4.99 Å². The highest BCUT2D eigenvalue weighted by molar-refractivity contribution is 7.07. The van der Waals surface area contributed by atoms with Crippen LogP contribution in [0.4, 0.5) is 5.69 Å². The highest BCUT2D eigenvalue weighted by atomic mass is 35.5. The number of hydrogen-bond acceptors (Lipinski definition) is 7. The molecule has 9 nitrogen and oxygen atoms in total. The van der Waals surface area contributed by atoms with Crippen LogP contribution in [-0.4, -0.2) is 26.6 Å². The number of rotatable bonds is 6. The zero-order valence-corrected chi connectivity index (χ0v) is 23.7. The molecule has 1 unspecified atom stereocenters. The van der Waals surface area contributed by atoms with Gasteiger partial charge in [0.2, 0.25) is 0 Å². The summed E-state index contributed by atoms with van der Waals surface area (Å²) in [4.78, 5) is 42.6. The minimum absolute atomic E-state index is 0.0141. The number of ether oxygens (including phenoxy) is 1. The van der Waals surface area contributed by atoms with Crippen LogP contribution in [0.1, 0.15) is 42.4 Å². The highest BCUT2D eigenvalue weighted by Crippen LogP contribution is 2.31. The number of nitro benzene ring substituents is 1. The summed E-state index contributed by atoms with van der Waals surface area (Å²) < 4.78 is 9.31. The lowest BCUT2D eigenvalue weighted by Gasteiger charge is -2.24. The number of halogens is 1. The number of carbonyl (C=O) groups is 1. The molecule has 1 aliphatic heterocycles. The van der Waals surface area contributed by atoms with Crippen LogP contribution in [0, 0.1) is 24.0 Å². The molecule has 0 amide bonds. The third kappa shape index (κ3) is 4.80. The van der Waals surface area contributed by atoms with E-state index in [1.807, 2.05) is 30.6 Å². The van der Waals surface area contributed by atoms with Gasteiger partial charge in [-0.2, -0.15) is 0 Å². The van der Waals surface area contributed by atoms with Crippen LogP contribution in [-0.2, 0) is 9.53 Å². The number of fused-ring (bicyclic) bond motifs is 1. The van der Waals surface area contributed by atoms with E-state index in [0.717, 1.165) is 22.6 Å². The third-order valence-electron chi connectivity index (χ3n) is 6.78. The molecule has 0 N–H and O–H groups in total. The van der Waals surface area contributed by atoms with Gasteiger partial charge in [-0.25, -0.2) is 9.79 Å². The highest BCUT2D eigenvalue weighted by Gasteiger charge is 2.33. The Morgan fingerprint density at radius 3 is 2.45 bits per heavy atom. The number of nitro groups is 1. The number of esters is 1. The number of thiazole rings is 1. The van der Waals surface area contributed by atoms with Gasteiger partial charge in [0.05, 0.1) is 33.4 Å². The molecular weight excluding hydrogens is 552 g/mol. The first-order chi connectivity index (χ1) is 19.1. The maximum atomic E-state index is 13.9. The second-order valence-corrected chi connectivity index (χ2v) is 10.7. The first-order valence-corrected chi connectivity index (χ1v) is 13.7. The average Bonchev–Trinajstić information content (AvgIpc) is 3.37. The molecule has 5 rings (SSSR count). The molecule has 1 atom stereocenters. The Kier molecular flexibility index (Phi) is 7.31. The van der Waals surface area contributed by atoms with Crippen LogP contribution in [0.5, 0.6) is 0 Å². The lowest BCUT2D eigenvalue weighted by Crippen LogP contribution is -2.39. The summed E-state index contributed by atoms with van der Waals surface area (Å²) in [5.74, 6) is -0.523. The van der Waals surface area contributed by atoms with Gasteiger partial charge in [0.1, 0.15) is 0 Å². The molecule has 0 fully saturated rings. The standard InChI is InChI=1S/C29H25ClN4O5S/c1-5-39-28(36)25-17(3)31-29-33(26(25)19-6-8-21(30)9-7-19)27(35)24(40-29)15-20-14-16(2)32(18(20)4)22-10-12-23(13-11-22)34(37)38/h6-15,26H,5H2,1-4H3/b24-15-. The van der Waals surface area contributed by atoms with Crippen molar-refractivity contribution in [2.45, 2.75) is 33.7 Å². The summed E-state index contributed by atoms with van der Waals surface area (Å²) in [6, 6.07) is 14.6. The van der Waals surface area contributed by atoms with Crippen molar-refractivity contribution in [3.63, 3.8) is 0 Å². The van der Waals surface area contributed by atoms with E-state index in [1.165, 1.54) is 28.0 Å². The number of aryl methyl sites for hydroxylation is 1. The van der Waals surface area contributed by atoms with E-state index in [4.69, 9.17) is 16.3 Å². The maximum absolute atomic E-state index is 13.9. The molecule has 0 spiro atoms. The monoisotopic (exact) mass is 576 g/mol. The van der Waals surface area contributed by atoms with Gasteiger partial charge in [0.25, 0.3) is 11.2 Å². The largest absolute Gasteiger partial charge is 0.463 e. The fourth-order valence-electron chi connectivity index (χ4n) is 4.95. The minimum atomic E-state index is -0.720. The number of nitrogens with zero attached hydrogens (tertiary/aromatic N) is 4. The van der Waals surface area contributed by atoms with Crippen LogP contribution < -0.4 is 14.9 Å². The molecule has 0 bridgehead atoms. The van der Waals surface area contributed by atoms with Crippen molar-refractivity contribution in [1.82, 2.24) is 9.13 Å². The second-order valence-electron chi connectivity index (χ2n) is 9.29. The van der Waals surface area contributed by atoms with E-state index in [2.05, 4.69) is 4.99 Å². The lowest BCUT2D eigenvalue weighted by molar-refractivity contribution is -0.384. The maximum Gasteiger partial charge on any atom is 0.338 e. The van der Waals surface area contributed by atoms with Gasteiger partial charge in [-0.3, -0.25) is 19.5 Å². The van der Waals surface area contributed by atoms with Crippen molar-refractivity contribution in [3.05, 3.63) is 123 Å². The molecule has 2 aromatic heterocycles. The second kappa shape index (κ2) is 10.7. The Morgan fingerprint density at radius 1 is 1.15 bits per heavy atom. The summed E-state index contributed by atoms with van der Waals surface area (Å²) in [7, 11) is 0. The molecule has 11 heteroatoms. The van der Waals surface area contributed by atoms with E-state index in [-0.39, 0.29) is 17.9 Å². The van der Waals surface area contributed by atoms with Crippen molar-refractivity contribution >= 4 is 40.7 Å². The molecule has 2 aromatic carbocycles. The van der Waals surface area contributed by atoms with Gasteiger partial charge >= 0.3 is 5.97 Å². The summed E-state index contributed by atoms with van der Waals surface area (Å²) in [5, 5.41) is 11.6. The van der Waals surface area contributed by atoms with Crippen molar-refractivity contribution in [2.75, 3.05) is 6.61 Å². The number of carbonyl (C=O) groups excluding carboxylic acids is 1. The molecule has 0 saturated carbocycles. The molecular formula is C29H25ClN4O5S. The number of hydrogen-bond donors (Lipinski definition) is 0. The van der Waals surface area contributed by atoms with Crippen LogP contribution in [0.2, 0.25) is 5.02 Å². The molecule has 3 heterocycles. The summed E-state index contributed by atoms with van der Waals surface area (Å²) in [6.07, 6.45) is 1.82. The molecule has 0 radical (unpaired) electrons. The van der Waals surface area contributed by atoms with Gasteiger partial charge in [-0.1, -0.05) is 35.1 Å². The Hall–Kier alpha value is -4.28. The van der Waals surface area contributed by atoms with E-state index >= 15 is 0 Å². The molecule has 204 valence electrons. The minimum Gasteiger partial charge on any atom is -0.463 e. The fourth-order valence-corrected chi connectivity index (χ4v) is 6.11.